The minimum atomic E-state index is -5.80. The number of pyridine rings is 1. The molecule has 0 bridgehead atoms. The van der Waals surface area contributed by atoms with Crippen LogP contribution in [0.15, 0.2) is 18.3 Å². The van der Waals surface area contributed by atoms with E-state index in [1.54, 1.807) is 0 Å². The normalized spacial score (nSPS) is 12.6. The third kappa shape index (κ3) is 4.07. The van der Waals surface area contributed by atoms with Gasteiger partial charge in [-0.25, -0.2) is 9.78 Å². The van der Waals surface area contributed by atoms with Crippen LogP contribution in [0.4, 0.5) is 30.7 Å². The van der Waals surface area contributed by atoms with E-state index in [0.29, 0.717) is 18.3 Å². The monoisotopic (exact) mass is 290 g/mol. The Hall–Kier alpha value is -1.87. The van der Waals surface area contributed by atoms with Crippen molar-refractivity contribution in [3.8, 4) is 0 Å². The standard InChI is InChI=1S/C9H4F7NO2/c10-5-2-1-4(3-17-5)6(18)19-7(8(11,12)13)9(14,15)16/h1-3,7H/i10-1. The number of carbonyl (C=O) groups excluding carboxylic acids is 1. The Morgan fingerprint density at radius 1 is 1.11 bits per heavy atom. The molecule has 1 rings (SSSR count). The van der Waals surface area contributed by atoms with E-state index in [0.717, 1.165) is 0 Å². The molecule has 0 aliphatic carbocycles. The number of carbonyl (C=O) groups is 1. The van der Waals surface area contributed by atoms with E-state index >= 15 is 0 Å². The Bertz CT molecular complexity index is 437. The van der Waals surface area contributed by atoms with Gasteiger partial charge in [-0.1, -0.05) is 0 Å². The third-order valence-electron chi connectivity index (χ3n) is 1.78. The average molecular weight is 290 g/mol. The summed E-state index contributed by atoms with van der Waals surface area (Å²) in [6.45, 7) is 0. The van der Waals surface area contributed by atoms with Gasteiger partial charge in [0, 0.05) is 6.20 Å². The van der Waals surface area contributed by atoms with E-state index in [1.807, 2.05) is 0 Å². The van der Waals surface area contributed by atoms with Crippen molar-refractivity contribution in [2.24, 2.45) is 0 Å². The van der Waals surface area contributed by atoms with E-state index in [4.69, 9.17) is 0 Å². The first kappa shape index (κ1) is 15.2. The van der Waals surface area contributed by atoms with Crippen LogP contribution in [-0.2, 0) is 4.74 Å². The summed E-state index contributed by atoms with van der Waals surface area (Å²) in [5.74, 6) is -2.97. The Morgan fingerprint density at radius 2 is 1.63 bits per heavy atom. The summed E-state index contributed by atoms with van der Waals surface area (Å²) in [5, 5.41) is 0. The SMILES string of the molecule is O=C(OC(C(F)(F)F)C(F)(F)F)c1ccc([18F])nc1. The van der Waals surface area contributed by atoms with Gasteiger partial charge >= 0.3 is 18.3 Å². The maximum absolute atomic E-state index is 12.4. The van der Waals surface area contributed by atoms with Gasteiger partial charge in [0.1, 0.15) is 0 Å². The summed E-state index contributed by atoms with van der Waals surface area (Å²) >= 11 is 0. The van der Waals surface area contributed by atoms with Crippen molar-refractivity contribution in [2.75, 3.05) is 0 Å². The molecule has 3 nitrogen and oxygen atoms in total. The molecule has 0 aliphatic heterocycles. The Labute approximate surface area is 101 Å². The number of aromatic nitrogens is 1. The molecular formula is C9H4F7NO2. The first-order chi connectivity index (χ1) is 8.51. The maximum Gasteiger partial charge on any atom is 0.434 e. The number of nitrogens with zero attached hydrogens (tertiary/aromatic N) is 1. The van der Waals surface area contributed by atoms with Crippen molar-refractivity contribution in [1.29, 1.82) is 0 Å². The van der Waals surface area contributed by atoms with Crippen LogP contribution in [0.5, 0.6) is 0 Å². The molecule has 0 atom stereocenters. The van der Waals surface area contributed by atoms with Crippen LogP contribution in [0.1, 0.15) is 10.4 Å². The molecule has 0 aliphatic rings. The molecule has 0 amide bonds. The van der Waals surface area contributed by atoms with E-state index in [2.05, 4.69) is 9.72 Å². The van der Waals surface area contributed by atoms with E-state index in [1.165, 1.54) is 0 Å². The summed E-state index contributed by atoms with van der Waals surface area (Å²) in [4.78, 5) is 14.0. The lowest BCUT2D eigenvalue weighted by atomic mass is 10.3. The molecule has 0 spiro atoms. The zero-order valence-corrected chi connectivity index (χ0v) is 8.72. The van der Waals surface area contributed by atoms with Crippen molar-refractivity contribution in [1.82, 2.24) is 4.98 Å². The van der Waals surface area contributed by atoms with Gasteiger partial charge in [0.15, 0.2) is 0 Å². The third-order valence-corrected chi connectivity index (χ3v) is 1.78. The fourth-order valence-electron chi connectivity index (χ4n) is 0.991. The van der Waals surface area contributed by atoms with Gasteiger partial charge in [-0.3, -0.25) is 0 Å². The van der Waals surface area contributed by atoms with Gasteiger partial charge in [-0.05, 0) is 12.1 Å². The van der Waals surface area contributed by atoms with Crippen molar-refractivity contribution in [3.05, 3.63) is 29.8 Å². The lowest BCUT2D eigenvalue weighted by molar-refractivity contribution is -0.307. The van der Waals surface area contributed by atoms with Gasteiger partial charge in [0.05, 0.1) is 5.56 Å². The average Bonchev–Trinajstić information content (AvgIpc) is 2.23. The first-order valence-electron chi connectivity index (χ1n) is 4.48. The van der Waals surface area contributed by atoms with Crippen LogP contribution in [0.3, 0.4) is 0 Å². The summed E-state index contributed by atoms with van der Waals surface area (Å²) in [5.41, 5.74) is -0.736. The predicted octanol–water partition coefficient (Wildman–Crippen LogP) is 2.87. The molecule has 1 aromatic rings. The smallest absolute Gasteiger partial charge is 0.434 e. The number of rotatable bonds is 2. The molecular weight excluding hydrogens is 286 g/mol. The molecule has 0 saturated heterocycles. The molecule has 10 heteroatoms. The second kappa shape index (κ2) is 5.02. The number of halogens is 7. The molecule has 0 N–H and O–H groups in total. The van der Waals surface area contributed by atoms with Gasteiger partial charge in [0.2, 0.25) is 5.95 Å². The zero-order chi connectivity index (χ0) is 14.8. The first-order valence-corrected chi connectivity index (χ1v) is 4.48. The predicted molar refractivity (Wildman–Crippen MR) is 45.5 cm³/mol. The lowest BCUT2D eigenvalue weighted by Gasteiger charge is -2.22. The topological polar surface area (TPSA) is 39.2 Å². The van der Waals surface area contributed by atoms with Gasteiger partial charge in [-0.2, -0.15) is 30.7 Å². The van der Waals surface area contributed by atoms with Gasteiger partial charge < -0.3 is 4.74 Å². The second-order valence-corrected chi connectivity index (χ2v) is 3.24. The van der Waals surface area contributed by atoms with Gasteiger partial charge in [0.25, 0.3) is 6.10 Å². The summed E-state index contributed by atoms with van der Waals surface area (Å²) in [6.07, 6.45) is -15.4. The molecule has 0 saturated carbocycles. The fourth-order valence-corrected chi connectivity index (χ4v) is 0.991. The molecule has 0 fully saturated rings. The fraction of sp³-hybridized carbons (Fsp3) is 0.333. The molecule has 0 unspecified atom stereocenters. The summed E-state index contributed by atoms with van der Waals surface area (Å²) in [6, 6.07) is 1.24. The zero-order valence-electron chi connectivity index (χ0n) is 8.72. The Kier molecular flexibility index (Phi) is 4.01. The van der Waals surface area contributed by atoms with Crippen LogP contribution in [0.25, 0.3) is 0 Å². The van der Waals surface area contributed by atoms with Crippen LogP contribution in [0, 0.1) is 5.95 Å². The minimum absolute atomic E-state index is 0.460. The quantitative estimate of drug-likeness (QED) is 0.477. The van der Waals surface area contributed by atoms with Crippen molar-refractivity contribution < 1.29 is 40.3 Å². The number of hydrogen-bond acceptors (Lipinski definition) is 3. The van der Waals surface area contributed by atoms with E-state index in [-0.39, 0.29) is 0 Å². The highest BCUT2D eigenvalue weighted by Gasteiger charge is 2.59. The van der Waals surface area contributed by atoms with Crippen LogP contribution in [0.2, 0.25) is 0 Å². The molecule has 19 heavy (non-hydrogen) atoms. The highest BCUT2D eigenvalue weighted by molar-refractivity contribution is 5.89. The van der Waals surface area contributed by atoms with Crippen LogP contribution < -0.4 is 0 Å². The highest BCUT2D eigenvalue weighted by atomic mass is 19.4. The second-order valence-electron chi connectivity index (χ2n) is 3.24. The molecule has 1 aromatic heterocycles. The lowest BCUT2D eigenvalue weighted by Crippen LogP contribution is -2.45. The number of alkyl halides is 6. The van der Waals surface area contributed by atoms with Crippen molar-refractivity contribution >= 4 is 5.97 Å². The van der Waals surface area contributed by atoms with Gasteiger partial charge in [-0.15, -0.1) is 0 Å². The van der Waals surface area contributed by atoms with Crippen LogP contribution in [-0.4, -0.2) is 29.4 Å². The summed E-state index contributed by atoms with van der Waals surface area (Å²) < 4.78 is 88.2. The Morgan fingerprint density at radius 3 is 2.00 bits per heavy atom. The minimum Gasteiger partial charge on any atom is -0.439 e. The maximum atomic E-state index is 12.4. The number of ether oxygens (including phenoxy) is 1. The highest BCUT2D eigenvalue weighted by Crippen LogP contribution is 2.36. The van der Waals surface area contributed by atoms with E-state index < -0.39 is 35.9 Å². The Balaban J connectivity index is 2.92. The molecule has 106 valence electrons. The summed E-state index contributed by atoms with van der Waals surface area (Å²) in [7, 11) is 0. The number of hydrogen-bond donors (Lipinski definition) is 0. The molecule has 0 radical (unpaired) electrons. The van der Waals surface area contributed by atoms with E-state index in [9.17, 15) is 35.5 Å². The van der Waals surface area contributed by atoms with Crippen molar-refractivity contribution in [2.45, 2.75) is 18.5 Å². The number of esters is 1. The van der Waals surface area contributed by atoms with Crippen LogP contribution >= 0.6 is 0 Å². The molecule has 0 aromatic carbocycles. The van der Waals surface area contributed by atoms with Crippen molar-refractivity contribution in [3.63, 3.8) is 0 Å². The largest absolute Gasteiger partial charge is 0.439 e. The molecule has 1 heterocycles.